The minimum absolute atomic E-state index is 0.0159. The van der Waals surface area contributed by atoms with Crippen molar-refractivity contribution in [2.24, 2.45) is 5.92 Å². The van der Waals surface area contributed by atoms with Crippen molar-refractivity contribution < 1.29 is 38.1 Å². The number of esters is 2. The van der Waals surface area contributed by atoms with Crippen molar-refractivity contribution in [1.82, 2.24) is 5.32 Å². The zero-order valence-electron chi connectivity index (χ0n) is 21.8. The number of carbonyl (C=O) groups is 3. The van der Waals surface area contributed by atoms with Gasteiger partial charge < -0.3 is 29.0 Å². The van der Waals surface area contributed by atoms with E-state index in [-0.39, 0.29) is 30.6 Å². The van der Waals surface area contributed by atoms with Crippen LogP contribution in [0.15, 0.2) is 0 Å². The van der Waals surface area contributed by atoms with E-state index in [1.807, 2.05) is 6.92 Å². The fourth-order valence-electron chi connectivity index (χ4n) is 4.18. The molecule has 1 aliphatic rings. The molecule has 4 unspecified atom stereocenters. The van der Waals surface area contributed by atoms with Gasteiger partial charge in [0.15, 0.2) is 6.29 Å². The molecule has 0 bridgehead atoms. The second kappa shape index (κ2) is 16.8. The zero-order valence-corrected chi connectivity index (χ0v) is 21.8. The van der Waals surface area contributed by atoms with Gasteiger partial charge in [-0.25, -0.2) is 0 Å². The van der Waals surface area contributed by atoms with E-state index in [2.05, 4.69) is 19.2 Å². The van der Waals surface area contributed by atoms with Crippen LogP contribution in [0.2, 0.25) is 0 Å². The second-order valence-corrected chi connectivity index (χ2v) is 8.87. The number of unbranched alkanes of at least 4 members (excludes halogenated alkanes) is 2. The summed E-state index contributed by atoms with van der Waals surface area (Å²) in [6.45, 7) is 11.5. The first-order valence-corrected chi connectivity index (χ1v) is 12.7. The number of ether oxygens (including phenoxy) is 5. The van der Waals surface area contributed by atoms with Gasteiger partial charge in [0.25, 0.3) is 0 Å². The SMILES string of the molecule is CCCCO[C@H]1OC(CC)[C@@H](OCCCC)C(CCC(COC(C)=O)OC(C)=O)C1NC(C)=O. The molecule has 0 aromatic rings. The van der Waals surface area contributed by atoms with Crippen LogP contribution < -0.4 is 5.32 Å². The van der Waals surface area contributed by atoms with Crippen molar-refractivity contribution in [3.8, 4) is 0 Å². The normalized spacial score (nSPS) is 25.4. The lowest BCUT2D eigenvalue weighted by atomic mass is 9.82. The fraction of sp³-hybridized carbons (Fsp3) is 0.880. The number of carbonyl (C=O) groups excluding carboxylic acids is 3. The summed E-state index contributed by atoms with van der Waals surface area (Å²) >= 11 is 0. The van der Waals surface area contributed by atoms with Crippen LogP contribution in [0, 0.1) is 5.92 Å². The summed E-state index contributed by atoms with van der Waals surface area (Å²) in [5, 5.41) is 3.03. The van der Waals surface area contributed by atoms with Crippen LogP contribution in [0.25, 0.3) is 0 Å². The summed E-state index contributed by atoms with van der Waals surface area (Å²) in [4.78, 5) is 35.0. The third-order valence-corrected chi connectivity index (χ3v) is 5.84. The Hall–Kier alpha value is -1.71. The average molecular weight is 488 g/mol. The maximum atomic E-state index is 12.1. The van der Waals surface area contributed by atoms with Crippen molar-refractivity contribution in [1.29, 1.82) is 0 Å². The van der Waals surface area contributed by atoms with E-state index in [0.29, 0.717) is 26.1 Å². The molecule has 1 rings (SSSR count). The number of amides is 1. The summed E-state index contributed by atoms with van der Waals surface area (Å²) in [6, 6.07) is -0.421. The number of rotatable bonds is 16. The van der Waals surface area contributed by atoms with E-state index < -0.39 is 30.4 Å². The fourth-order valence-corrected chi connectivity index (χ4v) is 4.18. The number of hydrogen-bond acceptors (Lipinski definition) is 8. The number of hydrogen-bond donors (Lipinski definition) is 1. The monoisotopic (exact) mass is 487 g/mol. The maximum Gasteiger partial charge on any atom is 0.303 e. The predicted octanol–water partition coefficient (Wildman–Crippen LogP) is 3.52. The molecule has 1 amide bonds. The average Bonchev–Trinajstić information content (AvgIpc) is 2.77. The Morgan fingerprint density at radius 1 is 0.941 bits per heavy atom. The van der Waals surface area contributed by atoms with Gasteiger partial charge in [0, 0.05) is 39.9 Å². The quantitative estimate of drug-likeness (QED) is 0.260. The minimum atomic E-state index is -0.600. The molecule has 1 saturated heterocycles. The standard InChI is InChI=1S/C25H45NO8/c1-7-10-14-30-24-21(13-12-20(33-19(6)29)16-32-18(5)28)23(26-17(4)27)25(31-15-11-8-2)34-22(24)9-3/h20-25H,7-16H2,1-6H3,(H,26,27)/t20?,21?,22?,23?,24-,25-/m0/s1. The van der Waals surface area contributed by atoms with Crippen molar-refractivity contribution in [3.05, 3.63) is 0 Å². The molecule has 1 N–H and O–H groups in total. The van der Waals surface area contributed by atoms with Crippen molar-refractivity contribution >= 4 is 17.8 Å². The van der Waals surface area contributed by atoms with Crippen LogP contribution >= 0.6 is 0 Å². The van der Waals surface area contributed by atoms with Crippen LogP contribution in [-0.4, -0.2) is 68.3 Å². The predicted molar refractivity (Wildman–Crippen MR) is 127 cm³/mol. The van der Waals surface area contributed by atoms with E-state index in [0.717, 1.165) is 32.1 Å². The largest absolute Gasteiger partial charge is 0.462 e. The molecule has 0 saturated carbocycles. The van der Waals surface area contributed by atoms with Gasteiger partial charge in [0.1, 0.15) is 12.7 Å². The zero-order chi connectivity index (χ0) is 25.5. The van der Waals surface area contributed by atoms with E-state index in [1.54, 1.807) is 0 Å². The highest BCUT2D eigenvalue weighted by atomic mass is 16.7. The van der Waals surface area contributed by atoms with E-state index in [1.165, 1.54) is 20.8 Å². The van der Waals surface area contributed by atoms with Gasteiger partial charge in [-0.15, -0.1) is 0 Å². The van der Waals surface area contributed by atoms with E-state index in [4.69, 9.17) is 23.7 Å². The van der Waals surface area contributed by atoms with Gasteiger partial charge in [0.2, 0.25) is 5.91 Å². The first kappa shape index (κ1) is 30.3. The molecule has 34 heavy (non-hydrogen) atoms. The molecule has 0 aliphatic carbocycles. The molecule has 1 aliphatic heterocycles. The molecule has 9 heteroatoms. The Balaban J connectivity index is 3.15. The molecule has 0 spiro atoms. The van der Waals surface area contributed by atoms with E-state index >= 15 is 0 Å². The van der Waals surface area contributed by atoms with Crippen LogP contribution in [-0.2, 0) is 38.1 Å². The van der Waals surface area contributed by atoms with Gasteiger partial charge in [0.05, 0.1) is 18.2 Å². The first-order chi connectivity index (χ1) is 16.2. The lowest BCUT2D eigenvalue weighted by Gasteiger charge is -2.47. The number of nitrogens with one attached hydrogen (secondary N) is 1. The second-order valence-electron chi connectivity index (χ2n) is 8.87. The van der Waals surface area contributed by atoms with Crippen LogP contribution in [0.5, 0.6) is 0 Å². The van der Waals surface area contributed by atoms with Crippen LogP contribution in [0.3, 0.4) is 0 Å². The van der Waals surface area contributed by atoms with Crippen LogP contribution in [0.1, 0.15) is 86.5 Å². The highest BCUT2D eigenvalue weighted by molar-refractivity contribution is 5.73. The van der Waals surface area contributed by atoms with Crippen LogP contribution in [0.4, 0.5) is 0 Å². The molecule has 1 fully saturated rings. The Kier molecular flexibility index (Phi) is 15.0. The van der Waals surface area contributed by atoms with Gasteiger partial charge in [-0.2, -0.15) is 0 Å². The molecule has 0 aromatic carbocycles. The summed E-state index contributed by atoms with van der Waals surface area (Å²) in [5.41, 5.74) is 0. The Bertz CT molecular complexity index is 614. The molecule has 9 nitrogen and oxygen atoms in total. The molecule has 0 radical (unpaired) electrons. The van der Waals surface area contributed by atoms with Crippen molar-refractivity contribution in [2.75, 3.05) is 19.8 Å². The lowest BCUT2D eigenvalue weighted by molar-refractivity contribution is -0.263. The summed E-state index contributed by atoms with van der Waals surface area (Å²) in [5.74, 6) is -1.19. The summed E-state index contributed by atoms with van der Waals surface area (Å²) in [7, 11) is 0. The minimum Gasteiger partial charge on any atom is -0.462 e. The molecule has 1 heterocycles. The molecule has 0 aromatic heterocycles. The molecule has 6 atom stereocenters. The van der Waals surface area contributed by atoms with Crippen molar-refractivity contribution in [3.63, 3.8) is 0 Å². The molecule has 198 valence electrons. The highest BCUT2D eigenvalue weighted by Crippen LogP contribution is 2.34. The Morgan fingerprint density at radius 2 is 1.59 bits per heavy atom. The topological polar surface area (TPSA) is 109 Å². The van der Waals surface area contributed by atoms with Crippen molar-refractivity contribution in [2.45, 2.75) is 117 Å². The van der Waals surface area contributed by atoms with Gasteiger partial charge in [-0.1, -0.05) is 33.6 Å². The van der Waals surface area contributed by atoms with E-state index in [9.17, 15) is 14.4 Å². The summed E-state index contributed by atoms with van der Waals surface area (Å²) in [6.07, 6.45) is 3.90. The summed E-state index contributed by atoms with van der Waals surface area (Å²) < 4.78 is 29.2. The Labute approximate surface area is 204 Å². The smallest absolute Gasteiger partial charge is 0.303 e. The third-order valence-electron chi connectivity index (χ3n) is 5.84. The maximum absolute atomic E-state index is 12.1. The van der Waals surface area contributed by atoms with Gasteiger partial charge in [-0.05, 0) is 32.1 Å². The highest BCUT2D eigenvalue weighted by Gasteiger charge is 2.46. The van der Waals surface area contributed by atoms with Gasteiger partial charge >= 0.3 is 11.9 Å². The molecular formula is C25H45NO8. The third kappa shape index (κ3) is 11.1. The lowest BCUT2D eigenvalue weighted by Crippen LogP contribution is -2.61. The molecular weight excluding hydrogens is 442 g/mol. The van der Waals surface area contributed by atoms with Gasteiger partial charge in [-0.3, -0.25) is 14.4 Å². The Morgan fingerprint density at radius 3 is 2.12 bits per heavy atom. The first-order valence-electron chi connectivity index (χ1n) is 12.7.